The molecule has 3 heterocycles. The zero-order chi connectivity index (χ0) is 22.1. The molecule has 31 heavy (non-hydrogen) atoms. The molecule has 7 nitrogen and oxygen atoms in total. The second-order valence-corrected chi connectivity index (χ2v) is 7.38. The van der Waals surface area contributed by atoms with Crippen molar-refractivity contribution in [3.05, 3.63) is 65.3 Å². The average Bonchev–Trinajstić information content (AvgIpc) is 2.86. The Morgan fingerprint density at radius 2 is 2.06 bits per heavy atom. The number of aromatic nitrogens is 2. The largest absolute Gasteiger partial charge is 0.480 e. The molecular weight excluding hydrogens is 423 g/mol. The molecule has 0 unspecified atom stereocenters. The summed E-state index contributed by atoms with van der Waals surface area (Å²) in [5.41, 5.74) is 2.58. The third-order valence-electron chi connectivity index (χ3n) is 5.04. The Morgan fingerprint density at radius 3 is 2.81 bits per heavy atom. The van der Waals surface area contributed by atoms with Gasteiger partial charge < -0.3 is 15.0 Å². The van der Waals surface area contributed by atoms with Gasteiger partial charge in [0.05, 0.1) is 35.0 Å². The molecule has 0 aliphatic carbocycles. The van der Waals surface area contributed by atoms with E-state index < -0.39 is 17.6 Å². The molecule has 1 atom stereocenters. The molecule has 1 aliphatic heterocycles. The van der Waals surface area contributed by atoms with E-state index in [0.29, 0.717) is 28.4 Å². The minimum absolute atomic E-state index is 0.0479. The van der Waals surface area contributed by atoms with E-state index in [1.54, 1.807) is 25.3 Å². The molecule has 0 radical (unpaired) electrons. The summed E-state index contributed by atoms with van der Waals surface area (Å²) in [6.07, 6.45) is 3.12. The van der Waals surface area contributed by atoms with Crippen LogP contribution in [0.15, 0.2) is 48.8 Å². The van der Waals surface area contributed by atoms with Gasteiger partial charge in [-0.15, -0.1) is 0 Å². The number of carbonyl (C=O) groups excluding carboxylic acids is 2. The normalized spacial score (nSPS) is 15.0. The van der Waals surface area contributed by atoms with Crippen LogP contribution in [0.4, 0.5) is 15.8 Å². The number of hydrogen-bond donors (Lipinski definition) is 1. The number of halogens is 2. The number of benzene rings is 1. The SMILES string of the molecule is COc1nccc2c1-c1cccnc1[C@H](C)C(=O)N2CC(=O)Nc1ccc(Cl)c(F)c1. The first-order valence-electron chi connectivity index (χ1n) is 9.45. The van der Waals surface area contributed by atoms with Crippen LogP contribution >= 0.6 is 11.6 Å². The molecule has 1 aromatic carbocycles. The molecule has 2 aromatic heterocycles. The minimum Gasteiger partial charge on any atom is -0.480 e. The van der Waals surface area contributed by atoms with Gasteiger partial charge in [-0.05, 0) is 37.3 Å². The van der Waals surface area contributed by atoms with E-state index >= 15 is 0 Å². The highest BCUT2D eigenvalue weighted by molar-refractivity contribution is 6.30. The van der Waals surface area contributed by atoms with Crippen molar-refractivity contribution in [1.29, 1.82) is 0 Å². The Morgan fingerprint density at radius 1 is 1.26 bits per heavy atom. The molecule has 1 N–H and O–H groups in total. The summed E-state index contributed by atoms with van der Waals surface area (Å²) >= 11 is 5.69. The number of hydrogen-bond acceptors (Lipinski definition) is 5. The van der Waals surface area contributed by atoms with E-state index in [2.05, 4.69) is 15.3 Å². The maximum absolute atomic E-state index is 13.7. The molecule has 1 aliphatic rings. The lowest BCUT2D eigenvalue weighted by atomic mass is 9.98. The molecule has 9 heteroatoms. The van der Waals surface area contributed by atoms with Crippen LogP contribution < -0.4 is 15.0 Å². The van der Waals surface area contributed by atoms with Crippen LogP contribution in [0, 0.1) is 5.82 Å². The van der Waals surface area contributed by atoms with Gasteiger partial charge in [-0.3, -0.25) is 14.6 Å². The predicted octanol–water partition coefficient (Wildman–Crippen LogP) is 4.03. The topological polar surface area (TPSA) is 84.4 Å². The fourth-order valence-corrected chi connectivity index (χ4v) is 3.71. The fourth-order valence-electron chi connectivity index (χ4n) is 3.59. The van der Waals surface area contributed by atoms with Crippen LogP contribution in [0.1, 0.15) is 18.5 Å². The summed E-state index contributed by atoms with van der Waals surface area (Å²) < 4.78 is 19.1. The molecular formula is C22H18ClFN4O3. The Kier molecular flexibility index (Phi) is 5.56. The first-order valence-corrected chi connectivity index (χ1v) is 9.83. The third kappa shape index (κ3) is 3.82. The number of pyridine rings is 2. The Labute approximate surface area is 182 Å². The fraction of sp³-hybridized carbons (Fsp3) is 0.182. The van der Waals surface area contributed by atoms with Crippen LogP contribution in [0.25, 0.3) is 11.1 Å². The van der Waals surface area contributed by atoms with Crippen molar-refractivity contribution in [2.45, 2.75) is 12.8 Å². The second kappa shape index (κ2) is 8.31. The summed E-state index contributed by atoms with van der Waals surface area (Å²) in [5.74, 6) is -1.73. The molecule has 0 saturated carbocycles. The van der Waals surface area contributed by atoms with Gasteiger partial charge >= 0.3 is 0 Å². The van der Waals surface area contributed by atoms with Crippen molar-refractivity contribution in [2.75, 3.05) is 23.9 Å². The van der Waals surface area contributed by atoms with Gasteiger partial charge in [0.2, 0.25) is 17.7 Å². The number of anilines is 2. The number of ether oxygens (including phenoxy) is 1. The summed E-state index contributed by atoms with van der Waals surface area (Å²) in [6.45, 7) is 1.45. The second-order valence-electron chi connectivity index (χ2n) is 6.97. The van der Waals surface area contributed by atoms with Crippen molar-refractivity contribution in [3.63, 3.8) is 0 Å². The maximum atomic E-state index is 13.7. The molecule has 0 saturated heterocycles. The molecule has 158 valence electrons. The number of nitrogens with one attached hydrogen (secondary N) is 1. The first-order chi connectivity index (χ1) is 14.9. The molecule has 2 amide bonds. The summed E-state index contributed by atoms with van der Waals surface area (Å²) in [7, 11) is 1.49. The van der Waals surface area contributed by atoms with E-state index in [4.69, 9.17) is 16.3 Å². The van der Waals surface area contributed by atoms with Gasteiger partial charge in [-0.2, -0.15) is 0 Å². The first kappa shape index (κ1) is 20.7. The standard InChI is InChI=1S/C22H18ClFN4O3/c1-12-20-14(4-3-8-25-20)19-17(7-9-26-21(19)31-2)28(22(12)30)11-18(29)27-13-5-6-15(23)16(24)10-13/h3-10,12H,11H2,1-2H3,(H,27,29)/t12-/m0/s1. The summed E-state index contributed by atoms with van der Waals surface area (Å²) in [5, 5.41) is 2.55. The van der Waals surface area contributed by atoms with Gasteiger partial charge in [0.25, 0.3) is 0 Å². The Hall–Kier alpha value is -3.52. The molecule has 0 fully saturated rings. The number of nitrogens with zero attached hydrogens (tertiary/aromatic N) is 3. The highest BCUT2D eigenvalue weighted by Gasteiger charge is 2.35. The van der Waals surface area contributed by atoms with Crippen LogP contribution in [0.5, 0.6) is 5.88 Å². The van der Waals surface area contributed by atoms with Gasteiger partial charge in [0, 0.05) is 23.6 Å². The van der Waals surface area contributed by atoms with Gasteiger partial charge in [-0.1, -0.05) is 17.7 Å². The van der Waals surface area contributed by atoms with Crippen molar-refractivity contribution < 1.29 is 18.7 Å². The van der Waals surface area contributed by atoms with Crippen LogP contribution in [-0.4, -0.2) is 35.4 Å². The third-order valence-corrected chi connectivity index (χ3v) is 5.34. The smallest absolute Gasteiger partial charge is 0.244 e. The quantitative estimate of drug-likeness (QED) is 0.662. The molecule has 4 rings (SSSR count). The lowest BCUT2D eigenvalue weighted by molar-refractivity contribution is -0.122. The number of carbonyl (C=O) groups is 2. The van der Waals surface area contributed by atoms with Crippen LogP contribution in [0.3, 0.4) is 0 Å². The zero-order valence-corrected chi connectivity index (χ0v) is 17.5. The summed E-state index contributed by atoms with van der Waals surface area (Å²) in [6, 6.07) is 9.21. The van der Waals surface area contributed by atoms with E-state index in [1.165, 1.54) is 30.3 Å². The molecule has 0 bridgehead atoms. The maximum Gasteiger partial charge on any atom is 0.244 e. The monoisotopic (exact) mass is 440 g/mol. The molecule has 0 spiro atoms. The van der Waals surface area contributed by atoms with E-state index in [1.807, 2.05) is 6.07 Å². The van der Waals surface area contributed by atoms with Gasteiger partial charge in [0.15, 0.2) is 0 Å². The van der Waals surface area contributed by atoms with Crippen molar-refractivity contribution in [3.8, 4) is 17.0 Å². The zero-order valence-electron chi connectivity index (χ0n) is 16.7. The average molecular weight is 441 g/mol. The van der Waals surface area contributed by atoms with Crippen molar-refractivity contribution in [1.82, 2.24) is 9.97 Å². The van der Waals surface area contributed by atoms with Crippen molar-refractivity contribution in [2.24, 2.45) is 0 Å². The molecule has 3 aromatic rings. The number of methoxy groups -OCH3 is 1. The van der Waals surface area contributed by atoms with Crippen molar-refractivity contribution >= 4 is 34.8 Å². The Bertz CT molecular complexity index is 1190. The van der Waals surface area contributed by atoms with E-state index in [0.717, 1.165) is 6.07 Å². The number of amides is 2. The summed E-state index contributed by atoms with van der Waals surface area (Å²) in [4.78, 5) is 36.1. The Balaban J connectivity index is 1.74. The van der Waals surface area contributed by atoms with Gasteiger partial charge in [-0.25, -0.2) is 9.37 Å². The predicted molar refractivity (Wildman–Crippen MR) is 115 cm³/mol. The number of rotatable bonds is 4. The lowest BCUT2D eigenvalue weighted by Crippen LogP contribution is -2.40. The minimum atomic E-state index is -0.651. The lowest BCUT2D eigenvalue weighted by Gasteiger charge is -2.24. The highest BCUT2D eigenvalue weighted by atomic mass is 35.5. The van der Waals surface area contributed by atoms with Gasteiger partial charge in [0.1, 0.15) is 12.4 Å². The highest BCUT2D eigenvalue weighted by Crippen LogP contribution is 2.43. The van der Waals surface area contributed by atoms with Crippen LogP contribution in [0.2, 0.25) is 5.02 Å². The number of fused-ring (bicyclic) bond motifs is 3. The van der Waals surface area contributed by atoms with Crippen LogP contribution in [-0.2, 0) is 9.59 Å². The van der Waals surface area contributed by atoms with E-state index in [-0.39, 0.29) is 23.2 Å². The van der Waals surface area contributed by atoms with E-state index in [9.17, 15) is 14.0 Å².